The lowest BCUT2D eigenvalue weighted by atomic mass is 9.99. The highest BCUT2D eigenvalue weighted by atomic mass is 16.5. The maximum atomic E-state index is 5.41. The summed E-state index contributed by atoms with van der Waals surface area (Å²) in [6.07, 6.45) is 1.11. The summed E-state index contributed by atoms with van der Waals surface area (Å²) in [5, 5.41) is 3.65. The molecule has 3 heteroatoms. The Balaban J connectivity index is 1.93. The molecule has 0 bridgehead atoms. The fourth-order valence-corrected chi connectivity index (χ4v) is 3.08. The van der Waals surface area contributed by atoms with Crippen LogP contribution in [-0.2, 0) is 11.2 Å². The van der Waals surface area contributed by atoms with Crippen LogP contribution in [0.25, 0.3) is 0 Å². The van der Waals surface area contributed by atoms with Gasteiger partial charge in [0.25, 0.3) is 0 Å². The first kappa shape index (κ1) is 15.5. The summed E-state index contributed by atoms with van der Waals surface area (Å²) in [5.41, 5.74) is 1.42. The predicted molar refractivity (Wildman–Crippen MR) is 84.0 cm³/mol. The lowest BCUT2D eigenvalue weighted by Crippen LogP contribution is -2.56. The molecular formula is C17H28N2O. The summed E-state index contributed by atoms with van der Waals surface area (Å²) < 4.78 is 5.41. The molecule has 1 aromatic carbocycles. The molecule has 1 aromatic rings. The van der Waals surface area contributed by atoms with Crippen LogP contribution in [0.3, 0.4) is 0 Å². The van der Waals surface area contributed by atoms with Crippen LogP contribution in [0.1, 0.15) is 19.4 Å². The Hall–Kier alpha value is -0.900. The third-order valence-electron chi connectivity index (χ3n) is 4.19. The average Bonchev–Trinajstić information content (AvgIpc) is 2.46. The van der Waals surface area contributed by atoms with E-state index in [-0.39, 0.29) is 0 Å². The number of hydrogen-bond acceptors (Lipinski definition) is 3. The summed E-state index contributed by atoms with van der Waals surface area (Å²) in [6, 6.07) is 11.8. The van der Waals surface area contributed by atoms with E-state index in [0.717, 1.165) is 32.7 Å². The molecule has 20 heavy (non-hydrogen) atoms. The average molecular weight is 276 g/mol. The molecule has 1 heterocycles. The molecule has 3 nitrogen and oxygen atoms in total. The van der Waals surface area contributed by atoms with E-state index in [0.29, 0.717) is 18.0 Å². The van der Waals surface area contributed by atoms with E-state index in [1.807, 2.05) is 0 Å². The Bertz CT molecular complexity index is 380. The number of methoxy groups -OCH3 is 1. The van der Waals surface area contributed by atoms with Crippen LogP contribution in [0.5, 0.6) is 0 Å². The zero-order valence-corrected chi connectivity index (χ0v) is 13.0. The first-order valence-corrected chi connectivity index (χ1v) is 7.71. The molecule has 0 saturated carbocycles. The van der Waals surface area contributed by atoms with E-state index < -0.39 is 0 Å². The summed E-state index contributed by atoms with van der Waals surface area (Å²) in [6.45, 7) is 8.72. The van der Waals surface area contributed by atoms with Gasteiger partial charge in [-0.2, -0.15) is 0 Å². The van der Waals surface area contributed by atoms with Crippen molar-refractivity contribution in [3.05, 3.63) is 35.9 Å². The number of piperazine rings is 1. The van der Waals surface area contributed by atoms with Crippen molar-refractivity contribution < 1.29 is 4.74 Å². The first-order valence-electron chi connectivity index (χ1n) is 7.71. The number of nitrogens with one attached hydrogen (secondary N) is 1. The van der Waals surface area contributed by atoms with Gasteiger partial charge in [0.05, 0.1) is 6.61 Å². The SMILES string of the molecule is COCC(C(C)C)N1CCNC(Cc2ccccc2)C1. The Morgan fingerprint density at radius 2 is 2.05 bits per heavy atom. The van der Waals surface area contributed by atoms with Crippen LogP contribution >= 0.6 is 0 Å². The molecule has 2 atom stereocenters. The van der Waals surface area contributed by atoms with Crippen LogP contribution in [-0.4, -0.2) is 50.3 Å². The summed E-state index contributed by atoms with van der Waals surface area (Å²) >= 11 is 0. The van der Waals surface area contributed by atoms with Crippen molar-refractivity contribution in [3.63, 3.8) is 0 Å². The van der Waals surface area contributed by atoms with Crippen LogP contribution in [0.15, 0.2) is 30.3 Å². The highest BCUT2D eigenvalue weighted by Crippen LogP contribution is 2.15. The molecule has 1 aliphatic heterocycles. The van der Waals surface area contributed by atoms with Gasteiger partial charge >= 0.3 is 0 Å². The van der Waals surface area contributed by atoms with E-state index in [1.165, 1.54) is 5.56 Å². The molecule has 0 spiro atoms. The molecule has 1 aliphatic rings. The van der Waals surface area contributed by atoms with E-state index in [2.05, 4.69) is 54.4 Å². The molecule has 0 amide bonds. The largest absolute Gasteiger partial charge is 0.383 e. The zero-order chi connectivity index (χ0) is 14.4. The molecule has 0 aliphatic carbocycles. The Morgan fingerprint density at radius 1 is 1.30 bits per heavy atom. The highest BCUT2D eigenvalue weighted by molar-refractivity contribution is 5.16. The third-order valence-corrected chi connectivity index (χ3v) is 4.19. The summed E-state index contributed by atoms with van der Waals surface area (Å²) in [4.78, 5) is 2.60. The van der Waals surface area contributed by atoms with E-state index >= 15 is 0 Å². The van der Waals surface area contributed by atoms with Gasteiger partial charge in [-0.15, -0.1) is 0 Å². The minimum Gasteiger partial charge on any atom is -0.383 e. The maximum absolute atomic E-state index is 5.41. The van der Waals surface area contributed by atoms with Crippen molar-refractivity contribution in [3.8, 4) is 0 Å². The minimum absolute atomic E-state index is 0.528. The third kappa shape index (κ3) is 4.30. The molecule has 0 aromatic heterocycles. The molecule has 1 N–H and O–H groups in total. The molecule has 2 rings (SSSR count). The molecular weight excluding hydrogens is 248 g/mol. The van der Waals surface area contributed by atoms with Crippen LogP contribution in [0.2, 0.25) is 0 Å². The van der Waals surface area contributed by atoms with Crippen molar-refractivity contribution in [1.82, 2.24) is 10.2 Å². The number of hydrogen-bond donors (Lipinski definition) is 1. The van der Waals surface area contributed by atoms with E-state index in [4.69, 9.17) is 4.74 Å². The van der Waals surface area contributed by atoms with Gasteiger partial charge in [0.1, 0.15) is 0 Å². The van der Waals surface area contributed by atoms with Crippen molar-refractivity contribution >= 4 is 0 Å². The molecule has 2 unspecified atom stereocenters. The van der Waals surface area contributed by atoms with Crippen molar-refractivity contribution in [2.45, 2.75) is 32.4 Å². The zero-order valence-electron chi connectivity index (χ0n) is 13.0. The van der Waals surface area contributed by atoms with Crippen LogP contribution in [0, 0.1) is 5.92 Å². The summed E-state index contributed by atoms with van der Waals surface area (Å²) in [7, 11) is 1.80. The van der Waals surface area contributed by atoms with Crippen molar-refractivity contribution in [2.24, 2.45) is 5.92 Å². The maximum Gasteiger partial charge on any atom is 0.0620 e. The molecule has 1 saturated heterocycles. The number of ether oxygens (including phenoxy) is 1. The topological polar surface area (TPSA) is 24.5 Å². The normalized spacial score (nSPS) is 22.1. The first-order chi connectivity index (χ1) is 9.70. The van der Waals surface area contributed by atoms with Crippen molar-refractivity contribution in [2.75, 3.05) is 33.4 Å². The molecule has 0 radical (unpaired) electrons. The fourth-order valence-electron chi connectivity index (χ4n) is 3.08. The number of rotatable bonds is 6. The van der Waals surface area contributed by atoms with Gasteiger partial charge in [0.2, 0.25) is 0 Å². The standard InChI is InChI=1S/C17H28N2O/c1-14(2)17(13-20-3)19-10-9-18-16(12-19)11-15-7-5-4-6-8-15/h4-8,14,16-18H,9-13H2,1-3H3. The van der Waals surface area contributed by atoms with Gasteiger partial charge in [0, 0.05) is 38.8 Å². The smallest absolute Gasteiger partial charge is 0.0620 e. The van der Waals surface area contributed by atoms with E-state index in [1.54, 1.807) is 7.11 Å². The molecule has 112 valence electrons. The highest BCUT2D eigenvalue weighted by Gasteiger charge is 2.27. The Labute approximate surface area is 123 Å². The lowest BCUT2D eigenvalue weighted by Gasteiger charge is -2.40. The van der Waals surface area contributed by atoms with Gasteiger partial charge in [-0.3, -0.25) is 4.90 Å². The van der Waals surface area contributed by atoms with Crippen LogP contribution in [0.4, 0.5) is 0 Å². The fraction of sp³-hybridized carbons (Fsp3) is 0.647. The Morgan fingerprint density at radius 3 is 2.70 bits per heavy atom. The van der Waals surface area contributed by atoms with E-state index in [9.17, 15) is 0 Å². The minimum atomic E-state index is 0.528. The number of benzene rings is 1. The van der Waals surface area contributed by atoms with Crippen LogP contribution < -0.4 is 5.32 Å². The number of nitrogens with zero attached hydrogens (tertiary/aromatic N) is 1. The van der Waals surface area contributed by atoms with Gasteiger partial charge < -0.3 is 10.1 Å². The molecule has 1 fully saturated rings. The second kappa shape index (κ2) is 7.77. The van der Waals surface area contributed by atoms with Crippen molar-refractivity contribution in [1.29, 1.82) is 0 Å². The van der Waals surface area contributed by atoms with Gasteiger partial charge in [-0.25, -0.2) is 0 Å². The second-order valence-electron chi connectivity index (χ2n) is 6.10. The lowest BCUT2D eigenvalue weighted by molar-refractivity contribution is 0.0459. The Kier molecular flexibility index (Phi) is 6.02. The van der Waals surface area contributed by atoms with Gasteiger partial charge in [-0.1, -0.05) is 44.2 Å². The summed E-state index contributed by atoms with van der Waals surface area (Å²) in [5.74, 6) is 0.630. The van der Waals surface area contributed by atoms with Gasteiger partial charge in [0.15, 0.2) is 0 Å². The predicted octanol–water partition coefficient (Wildman–Crippen LogP) is 2.17. The quantitative estimate of drug-likeness (QED) is 0.862. The monoisotopic (exact) mass is 276 g/mol. The van der Waals surface area contributed by atoms with Gasteiger partial charge in [-0.05, 0) is 17.9 Å². The second-order valence-corrected chi connectivity index (χ2v) is 6.10.